The normalized spacial score (nSPS) is 11.3. The second kappa shape index (κ2) is 13.0. The van der Waals surface area contributed by atoms with Crippen LogP contribution in [0.2, 0.25) is 0 Å². The average Bonchev–Trinajstić information content (AvgIpc) is 2.71. The summed E-state index contributed by atoms with van der Waals surface area (Å²) in [6, 6.07) is 10.1. The van der Waals surface area contributed by atoms with E-state index in [-0.39, 0.29) is 0 Å². The van der Waals surface area contributed by atoms with E-state index in [0.717, 1.165) is 12.8 Å². The fraction of sp³-hybridized carbons (Fsp3) is 0.600. The molecule has 0 saturated heterocycles. The summed E-state index contributed by atoms with van der Waals surface area (Å²) >= 11 is 0. The Bertz CT molecular complexity index is 727. The number of rotatable bonds is 13. The molecule has 0 aliphatic rings. The maximum atomic E-state index is 2.54. The lowest BCUT2D eigenvalue weighted by molar-refractivity contribution is 0.821. The van der Waals surface area contributed by atoms with Gasteiger partial charge < -0.3 is 0 Å². The minimum atomic E-state index is 1.08. The van der Waals surface area contributed by atoms with Crippen LogP contribution >= 0.6 is 0 Å². The first-order valence-electron chi connectivity index (χ1n) is 12.9. The molecule has 0 radical (unpaired) electrons. The molecule has 30 heavy (non-hydrogen) atoms. The van der Waals surface area contributed by atoms with Crippen molar-refractivity contribution in [3.05, 3.63) is 68.8 Å². The summed E-state index contributed by atoms with van der Waals surface area (Å²) in [6.45, 7) is 13.9. The van der Waals surface area contributed by atoms with E-state index in [4.69, 9.17) is 0 Å². The van der Waals surface area contributed by atoms with Gasteiger partial charge in [-0.15, -0.1) is 0 Å². The van der Waals surface area contributed by atoms with Gasteiger partial charge in [-0.05, 0) is 89.5 Å². The number of aryl methyl sites for hydroxylation is 4. The fourth-order valence-corrected chi connectivity index (χ4v) is 5.17. The molecule has 0 saturated carbocycles. The summed E-state index contributed by atoms with van der Waals surface area (Å²) in [6.07, 6.45) is 14.5. The molecule has 2 aromatic carbocycles. The maximum Gasteiger partial charge on any atom is -0.00254 e. The highest BCUT2D eigenvalue weighted by Gasteiger charge is 2.13. The Hall–Kier alpha value is -1.56. The van der Waals surface area contributed by atoms with Crippen molar-refractivity contribution in [1.82, 2.24) is 0 Å². The molecule has 0 atom stereocenters. The highest BCUT2D eigenvalue weighted by atomic mass is 14.2. The molecular formula is C30H46. The smallest absolute Gasteiger partial charge is 0.00254 e. The Balaban J connectivity index is 2.49. The highest BCUT2D eigenvalue weighted by Crippen LogP contribution is 2.27. The van der Waals surface area contributed by atoms with Crippen LogP contribution in [0, 0.1) is 0 Å². The molecular weight excluding hydrogens is 360 g/mol. The molecule has 0 heterocycles. The first-order valence-corrected chi connectivity index (χ1v) is 12.9. The van der Waals surface area contributed by atoms with Gasteiger partial charge in [0.05, 0.1) is 0 Å². The predicted molar refractivity (Wildman–Crippen MR) is 135 cm³/mol. The van der Waals surface area contributed by atoms with Crippen LogP contribution in [0.5, 0.6) is 0 Å². The van der Waals surface area contributed by atoms with Crippen molar-refractivity contribution < 1.29 is 0 Å². The van der Waals surface area contributed by atoms with E-state index in [1.54, 1.807) is 33.4 Å². The Morgan fingerprint density at radius 1 is 0.433 bits per heavy atom. The van der Waals surface area contributed by atoms with Gasteiger partial charge in [0.1, 0.15) is 0 Å². The molecule has 0 amide bonds. The van der Waals surface area contributed by atoms with Crippen molar-refractivity contribution in [3.8, 4) is 0 Å². The fourth-order valence-electron chi connectivity index (χ4n) is 5.17. The molecule has 0 fully saturated rings. The van der Waals surface area contributed by atoms with Gasteiger partial charge in [-0.1, -0.05) is 97.9 Å². The maximum absolute atomic E-state index is 2.54. The predicted octanol–water partition coefficient (Wildman–Crippen LogP) is 8.60. The average molecular weight is 407 g/mol. The molecule has 0 spiro atoms. The van der Waals surface area contributed by atoms with Crippen LogP contribution in [0.3, 0.4) is 0 Å². The van der Waals surface area contributed by atoms with Crippen molar-refractivity contribution >= 4 is 0 Å². The summed E-state index contributed by atoms with van der Waals surface area (Å²) in [5.41, 5.74) is 12.8. The summed E-state index contributed by atoms with van der Waals surface area (Å²) in [7, 11) is 0. The highest BCUT2D eigenvalue weighted by molar-refractivity contribution is 5.45. The molecule has 2 rings (SSSR count). The van der Waals surface area contributed by atoms with E-state index in [0.29, 0.717) is 0 Å². The Morgan fingerprint density at radius 2 is 0.767 bits per heavy atom. The van der Waals surface area contributed by atoms with Crippen molar-refractivity contribution in [2.75, 3.05) is 0 Å². The topological polar surface area (TPSA) is 0 Å². The van der Waals surface area contributed by atoms with E-state index < -0.39 is 0 Å². The summed E-state index contributed by atoms with van der Waals surface area (Å²) < 4.78 is 0. The van der Waals surface area contributed by atoms with E-state index in [2.05, 4.69) is 65.8 Å². The van der Waals surface area contributed by atoms with Gasteiger partial charge in [0.2, 0.25) is 0 Å². The number of hydrogen-bond acceptors (Lipinski definition) is 0. The van der Waals surface area contributed by atoms with Crippen LogP contribution in [0.4, 0.5) is 0 Å². The van der Waals surface area contributed by atoms with Crippen molar-refractivity contribution in [2.24, 2.45) is 0 Å². The van der Waals surface area contributed by atoms with Crippen molar-refractivity contribution in [2.45, 2.75) is 119 Å². The van der Waals surface area contributed by atoms with Gasteiger partial charge in [0.25, 0.3) is 0 Å². The zero-order valence-electron chi connectivity index (χ0n) is 20.8. The molecule has 0 aromatic heterocycles. The summed E-state index contributed by atoms with van der Waals surface area (Å²) in [4.78, 5) is 0. The van der Waals surface area contributed by atoms with E-state index in [9.17, 15) is 0 Å². The second-order valence-electron chi connectivity index (χ2n) is 9.07. The Labute approximate surface area is 187 Å². The molecule has 0 nitrogen and oxygen atoms in total. The summed E-state index contributed by atoms with van der Waals surface area (Å²) in [5.74, 6) is 0. The minimum Gasteiger partial charge on any atom is -0.0651 e. The quantitative estimate of drug-likeness (QED) is 0.312. The minimum absolute atomic E-state index is 1.08. The van der Waals surface area contributed by atoms with Gasteiger partial charge in [-0.3, -0.25) is 0 Å². The van der Waals surface area contributed by atoms with Crippen LogP contribution in [-0.4, -0.2) is 0 Å². The van der Waals surface area contributed by atoms with Crippen LogP contribution in [-0.2, 0) is 44.9 Å². The Morgan fingerprint density at radius 3 is 1.07 bits per heavy atom. The third-order valence-electron chi connectivity index (χ3n) is 6.33. The van der Waals surface area contributed by atoms with Crippen molar-refractivity contribution in [3.63, 3.8) is 0 Å². The standard InChI is InChI=1S/C30H46/c1-7-13-25-19-23(20-26(14-8-2)29(25)12-6)18-24-21-27(15-9-3)30(17-11-5)28(22-24)16-10-4/h19-22H,7-18H2,1-6H3. The number of benzene rings is 2. The molecule has 2 aromatic rings. The third kappa shape index (κ3) is 6.47. The molecule has 0 heteroatoms. The molecule has 0 bridgehead atoms. The van der Waals surface area contributed by atoms with Crippen LogP contribution in [0.25, 0.3) is 0 Å². The van der Waals surface area contributed by atoms with Crippen LogP contribution in [0.15, 0.2) is 24.3 Å². The van der Waals surface area contributed by atoms with Gasteiger partial charge in [-0.25, -0.2) is 0 Å². The zero-order valence-corrected chi connectivity index (χ0v) is 20.8. The molecule has 0 N–H and O–H groups in total. The van der Waals surface area contributed by atoms with Gasteiger partial charge in [0, 0.05) is 0 Å². The molecule has 0 aliphatic carbocycles. The number of hydrogen-bond donors (Lipinski definition) is 0. The van der Waals surface area contributed by atoms with Crippen LogP contribution in [0.1, 0.15) is 118 Å². The van der Waals surface area contributed by atoms with Crippen LogP contribution < -0.4 is 0 Å². The molecule has 0 unspecified atom stereocenters. The monoisotopic (exact) mass is 406 g/mol. The first kappa shape index (κ1) is 24.7. The van der Waals surface area contributed by atoms with Gasteiger partial charge >= 0.3 is 0 Å². The summed E-state index contributed by atoms with van der Waals surface area (Å²) in [5, 5.41) is 0. The lowest BCUT2D eigenvalue weighted by Gasteiger charge is -2.19. The van der Waals surface area contributed by atoms with E-state index >= 15 is 0 Å². The second-order valence-corrected chi connectivity index (χ2v) is 9.07. The first-order chi connectivity index (χ1) is 14.6. The lowest BCUT2D eigenvalue weighted by atomic mass is 9.86. The van der Waals surface area contributed by atoms with E-state index in [1.807, 2.05) is 0 Å². The zero-order chi connectivity index (χ0) is 21.9. The largest absolute Gasteiger partial charge is 0.0651 e. The van der Waals surface area contributed by atoms with Gasteiger partial charge in [-0.2, -0.15) is 0 Å². The molecule has 166 valence electrons. The SMILES string of the molecule is CCCc1cc(Cc2cc(CCC)c(CCC)c(CCC)c2)cc(CCC)c1CC. The Kier molecular flexibility index (Phi) is 10.7. The lowest BCUT2D eigenvalue weighted by Crippen LogP contribution is -2.05. The van der Waals surface area contributed by atoms with Gasteiger partial charge in [0.15, 0.2) is 0 Å². The van der Waals surface area contributed by atoms with Crippen molar-refractivity contribution in [1.29, 1.82) is 0 Å². The third-order valence-corrected chi connectivity index (χ3v) is 6.33. The van der Waals surface area contributed by atoms with E-state index in [1.165, 1.54) is 75.3 Å². The molecule has 0 aliphatic heterocycles.